The number of hydrogen-bond acceptors (Lipinski definition) is 6. The number of anilines is 1. The molecule has 6 nitrogen and oxygen atoms in total. The number of nitrogens with one attached hydrogen (secondary N) is 1. The zero-order valence-electron chi connectivity index (χ0n) is 17.0. The molecule has 2 aliphatic rings. The van der Waals surface area contributed by atoms with Gasteiger partial charge in [0.25, 0.3) is 0 Å². The number of pyridine rings is 1. The Bertz CT molecular complexity index is 751. The highest BCUT2D eigenvalue weighted by Gasteiger charge is 2.42. The lowest BCUT2D eigenvalue weighted by molar-refractivity contribution is -0.201. The number of aromatic nitrogens is 1. The number of halogens is 3. The SMILES string of the molecule is O=C(CCCN(CCCCc1ccc2c(n1)NCCC2)C1CC1)OC(=O)C(F)(F)F. The first kappa shape index (κ1) is 22.5. The molecule has 1 saturated carbocycles. The summed E-state index contributed by atoms with van der Waals surface area (Å²) in [5.41, 5.74) is 2.36. The lowest BCUT2D eigenvalue weighted by Gasteiger charge is -2.21. The van der Waals surface area contributed by atoms with Crippen LogP contribution in [0.1, 0.15) is 56.2 Å². The van der Waals surface area contributed by atoms with Gasteiger partial charge in [-0.1, -0.05) is 6.07 Å². The lowest BCUT2D eigenvalue weighted by Crippen LogP contribution is -2.30. The third-order valence-electron chi connectivity index (χ3n) is 5.41. The molecule has 0 bridgehead atoms. The Morgan fingerprint density at radius 1 is 1.17 bits per heavy atom. The largest absolute Gasteiger partial charge is 0.491 e. The van der Waals surface area contributed by atoms with Gasteiger partial charge in [0, 0.05) is 24.7 Å². The molecule has 0 atom stereocenters. The molecule has 1 aromatic heterocycles. The molecule has 1 aliphatic carbocycles. The molecule has 0 spiro atoms. The van der Waals surface area contributed by atoms with Crippen molar-refractivity contribution in [3.63, 3.8) is 0 Å². The fourth-order valence-corrected chi connectivity index (χ4v) is 3.68. The molecule has 0 unspecified atom stereocenters. The van der Waals surface area contributed by atoms with E-state index in [2.05, 4.69) is 27.1 Å². The second-order valence-corrected chi connectivity index (χ2v) is 7.93. The number of nitrogens with zero attached hydrogens (tertiary/aromatic N) is 2. The quantitative estimate of drug-likeness (QED) is 0.349. The number of carbonyl (C=O) groups excluding carboxylic acids is 2. The maximum atomic E-state index is 12.1. The van der Waals surface area contributed by atoms with E-state index in [0.29, 0.717) is 19.0 Å². The van der Waals surface area contributed by atoms with Crippen molar-refractivity contribution in [2.75, 3.05) is 25.0 Å². The molecule has 166 valence electrons. The highest BCUT2D eigenvalue weighted by Crippen LogP contribution is 2.27. The summed E-state index contributed by atoms with van der Waals surface area (Å²) in [6.45, 7) is 2.46. The molecule has 3 rings (SSSR count). The van der Waals surface area contributed by atoms with E-state index in [1.165, 1.54) is 5.56 Å². The fourth-order valence-electron chi connectivity index (χ4n) is 3.68. The molecule has 2 heterocycles. The maximum Gasteiger partial charge on any atom is 0.491 e. The second kappa shape index (κ2) is 10.2. The van der Waals surface area contributed by atoms with E-state index in [0.717, 1.165) is 69.5 Å². The van der Waals surface area contributed by atoms with E-state index in [1.807, 2.05) is 0 Å². The highest BCUT2D eigenvalue weighted by atomic mass is 19.4. The zero-order valence-corrected chi connectivity index (χ0v) is 17.0. The Morgan fingerprint density at radius 3 is 2.67 bits per heavy atom. The fraction of sp³-hybridized carbons (Fsp3) is 0.667. The van der Waals surface area contributed by atoms with Crippen LogP contribution in [0.5, 0.6) is 0 Å². The van der Waals surface area contributed by atoms with Crippen LogP contribution in [0.3, 0.4) is 0 Å². The van der Waals surface area contributed by atoms with Crippen molar-refractivity contribution in [2.24, 2.45) is 0 Å². The Balaban J connectivity index is 1.34. The Hall–Kier alpha value is -2.16. The lowest BCUT2D eigenvalue weighted by atomic mass is 10.1. The minimum Gasteiger partial charge on any atom is -0.386 e. The van der Waals surface area contributed by atoms with Crippen LogP contribution in [0.15, 0.2) is 12.1 Å². The summed E-state index contributed by atoms with van der Waals surface area (Å²) in [5, 5.41) is 3.35. The summed E-state index contributed by atoms with van der Waals surface area (Å²) in [6, 6.07) is 4.74. The van der Waals surface area contributed by atoms with E-state index in [9.17, 15) is 22.8 Å². The van der Waals surface area contributed by atoms with Crippen LogP contribution in [0.25, 0.3) is 0 Å². The molecule has 1 fully saturated rings. The van der Waals surface area contributed by atoms with E-state index in [-0.39, 0.29) is 6.42 Å². The van der Waals surface area contributed by atoms with Gasteiger partial charge in [-0.2, -0.15) is 13.2 Å². The third kappa shape index (κ3) is 6.97. The van der Waals surface area contributed by atoms with Crippen molar-refractivity contribution < 1.29 is 27.5 Å². The molecule has 0 radical (unpaired) electrons. The van der Waals surface area contributed by atoms with Gasteiger partial charge in [-0.3, -0.25) is 4.79 Å². The maximum absolute atomic E-state index is 12.1. The number of aryl methyl sites for hydroxylation is 2. The summed E-state index contributed by atoms with van der Waals surface area (Å²) >= 11 is 0. The molecule has 1 N–H and O–H groups in total. The van der Waals surface area contributed by atoms with Gasteiger partial charge < -0.3 is 15.0 Å². The minimum atomic E-state index is -5.14. The summed E-state index contributed by atoms with van der Waals surface area (Å²) in [6.07, 6.45) is 2.35. The van der Waals surface area contributed by atoms with Crippen LogP contribution in [0.4, 0.5) is 19.0 Å². The number of esters is 2. The van der Waals surface area contributed by atoms with Crippen LogP contribution < -0.4 is 5.32 Å². The van der Waals surface area contributed by atoms with Gasteiger partial charge in [0.15, 0.2) is 0 Å². The Morgan fingerprint density at radius 2 is 1.93 bits per heavy atom. The predicted molar refractivity (Wildman–Crippen MR) is 105 cm³/mol. The first-order chi connectivity index (χ1) is 14.3. The monoisotopic (exact) mass is 427 g/mol. The number of carbonyl (C=O) groups is 2. The Kier molecular flexibility index (Phi) is 7.69. The first-order valence-corrected chi connectivity index (χ1v) is 10.6. The van der Waals surface area contributed by atoms with E-state index in [4.69, 9.17) is 4.98 Å². The van der Waals surface area contributed by atoms with Gasteiger partial charge in [0.1, 0.15) is 5.82 Å². The second-order valence-electron chi connectivity index (χ2n) is 7.93. The number of rotatable bonds is 10. The number of unbranched alkanes of at least 4 members (excludes halogenated alkanes) is 1. The molecule has 1 aliphatic heterocycles. The number of hydrogen-bond donors (Lipinski definition) is 1. The van der Waals surface area contributed by atoms with Crippen molar-refractivity contribution in [1.82, 2.24) is 9.88 Å². The van der Waals surface area contributed by atoms with Gasteiger partial charge in [0.2, 0.25) is 0 Å². The predicted octanol–water partition coefficient (Wildman–Crippen LogP) is 3.64. The number of fused-ring (bicyclic) bond motifs is 1. The highest BCUT2D eigenvalue weighted by molar-refractivity contribution is 5.88. The van der Waals surface area contributed by atoms with Crippen molar-refractivity contribution in [3.8, 4) is 0 Å². The van der Waals surface area contributed by atoms with Gasteiger partial charge in [0.05, 0.1) is 0 Å². The smallest absolute Gasteiger partial charge is 0.386 e. The van der Waals surface area contributed by atoms with Gasteiger partial charge in [-0.15, -0.1) is 0 Å². The molecule has 30 heavy (non-hydrogen) atoms. The average Bonchev–Trinajstić information content (AvgIpc) is 3.54. The average molecular weight is 427 g/mol. The topological polar surface area (TPSA) is 71.5 Å². The molecular weight excluding hydrogens is 399 g/mol. The number of alkyl halides is 3. The van der Waals surface area contributed by atoms with Crippen LogP contribution in [-0.4, -0.2) is 53.7 Å². The van der Waals surface area contributed by atoms with Crippen molar-refractivity contribution >= 4 is 17.8 Å². The van der Waals surface area contributed by atoms with Gasteiger partial charge >= 0.3 is 18.1 Å². The van der Waals surface area contributed by atoms with Gasteiger partial charge in [-0.05, 0) is 76.1 Å². The van der Waals surface area contributed by atoms with Gasteiger partial charge in [-0.25, -0.2) is 9.78 Å². The van der Waals surface area contributed by atoms with E-state index < -0.39 is 18.1 Å². The van der Waals surface area contributed by atoms with Crippen molar-refractivity contribution in [1.29, 1.82) is 0 Å². The van der Waals surface area contributed by atoms with Crippen LogP contribution in [0.2, 0.25) is 0 Å². The standard InChI is InChI=1S/C21H28F3N3O3/c22-21(23,24)20(29)30-18(28)7-4-14-27(17-10-11-17)13-2-1-6-16-9-8-15-5-3-12-25-19(15)26-16/h8-9,17H,1-7,10-14H2,(H,25,26). The normalized spacial score (nSPS) is 16.1. The van der Waals surface area contributed by atoms with Crippen LogP contribution in [-0.2, 0) is 27.2 Å². The summed E-state index contributed by atoms with van der Waals surface area (Å²) in [7, 11) is 0. The number of ether oxygens (including phenoxy) is 1. The van der Waals surface area contributed by atoms with Crippen LogP contribution >= 0.6 is 0 Å². The van der Waals surface area contributed by atoms with Crippen molar-refractivity contribution in [2.45, 2.75) is 70.0 Å². The third-order valence-corrected chi connectivity index (χ3v) is 5.41. The minimum absolute atomic E-state index is 0.197. The van der Waals surface area contributed by atoms with E-state index in [1.54, 1.807) is 0 Å². The zero-order chi connectivity index (χ0) is 21.6. The first-order valence-electron chi connectivity index (χ1n) is 10.6. The van der Waals surface area contributed by atoms with Crippen molar-refractivity contribution in [3.05, 3.63) is 23.4 Å². The molecule has 0 amide bonds. The summed E-state index contributed by atoms with van der Waals surface area (Å²) in [4.78, 5) is 29.1. The summed E-state index contributed by atoms with van der Waals surface area (Å²) in [5.74, 6) is -2.56. The molecule has 9 heteroatoms. The molecular formula is C21H28F3N3O3. The summed E-state index contributed by atoms with van der Waals surface area (Å²) < 4.78 is 40.2. The molecule has 1 aromatic rings. The van der Waals surface area contributed by atoms with E-state index >= 15 is 0 Å². The molecule has 0 aromatic carbocycles. The Labute approximate surface area is 174 Å². The molecule has 0 saturated heterocycles. The van der Waals surface area contributed by atoms with Crippen LogP contribution in [0, 0.1) is 0 Å².